The molecule has 0 spiro atoms. The Hall–Kier alpha value is -1.14. The predicted molar refractivity (Wildman–Crippen MR) is 87.4 cm³/mol. The highest BCUT2D eigenvalue weighted by Crippen LogP contribution is 2.18. The number of aliphatic hydroxyl groups excluding tert-OH is 1. The van der Waals surface area contributed by atoms with Gasteiger partial charge in [-0.15, -0.1) is 0 Å². The summed E-state index contributed by atoms with van der Waals surface area (Å²) < 4.78 is 5.19. The van der Waals surface area contributed by atoms with Crippen molar-refractivity contribution in [2.45, 2.75) is 65.2 Å². The van der Waals surface area contributed by atoms with E-state index in [9.17, 15) is 9.90 Å². The molecule has 22 heavy (non-hydrogen) atoms. The predicted octanol–water partition coefficient (Wildman–Crippen LogP) is 2.01. The van der Waals surface area contributed by atoms with Crippen LogP contribution in [0.25, 0.3) is 0 Å². The van der Waals surface area contributed by atoms with E-state index in [0.29, 0.717) is 12.5 Å². The Morgan fingerprint density at radius 1 is 1.41 bits per heavy atom. The highest BCUT2D eigenvalue weighted by atomic mass is 16.6. The quantitative estimate of drug-likeness (QED) is 0.678. The zero-order chi connectivity index (χ0) is 16.9. The monoisotopic (exact) mass is 313 g/mol. The van der Waals surface area contributed by atoms with E-state index in [-0.39, 0.29) is 6.04 Å². The Kier molecular flexibility index (Phi) is 6.81. The summed E-state index contributed by atoms with van der Waals surface area (Å²) in [6.45, 7) is 11.4. The van der Waals surface area contributed by atoms with Gasteiger partial charge in [0.1, 0.15) is 5.60 Å². The highest BCUT2D eigenvalue weighted by Gasteiger charge is 2.26. The van der Waals surface area contributed by atoms with E-state index in [2.05, 4.69) is 10.2 Å². The van der Waals surface area contributed by atoms with Gasteiger partial charge in [0, 0.05) is 12.3 Å². The first-order valence-corrected chi connectivity index (χ1v) is 8.03. The molecule has 0 aromatic rings. The second kappa shape index (κ2) is 7.92. The molecule has 0 bridgehead atoms. The number of likely N-dealkylation sites (tertiary alicyclic amines) is 1. The third-order valence-corrected chi connectivity index (χ3v) is 3.97. The van der Waals surface area contributed by atoms with Crippen LogP contribution in [0.4, 0.5) is 4.79 Å². The second-order valence-corrected chi connectivity index (χ2v) is 7.26. The molecular weight excluding hydrogens is 282 g/mol. The molecular formula is C16H31N3O3. The van der Waals surface area contributed by atoms with Gasteiger partial charge in [0.25, 0.3) is 0 Å². The molecule has 3 N–H and O–H groups in total. The average Bonchev–Trinajstić information content (AvgIpc) is 2.36. The topological polar surface area (TPSA) is 85.7 Å². The van der Waals surface area contributed by atoms with Gasteiger partial charge in [-0.3, -0.25) is 0 Å². The van der Waals surface area contributed by atoms with Crippen molar-refractivity contribution >= 4 is 11.8 Å². The summed E-state index contributed by atoms with van der Waals surface area (Å²) in [7, 11) is 0. The maximum Gasteiger partial charge on any atom is 0.407 e. The molecule has 2 atom stereocenters. The third kappa shape index (κ3) is 6.75. The minimum absolute atomic E-state index is 0.364. The summed E-state index contributed by atoms with van der Waals surface area (Å²) in [5.74, 6) is 0.380. The molecule has 1 amide bonds. The molecule has 1 unspecified atom stereocenters. The van der Waals surface area contributed by atoms with Crippen molar-refractivity contribution in [1.29, 1.82) is 5.41 Å². The van der Waals surface area contributed by atoms with E-state index in [1.54, 1.807) is 6.92 Å². The van der Waals surface area contributed by atoms with Gasteiger partial charge in [0.05, 0.1) is 12.1 Å². The van der Waals surface area contributed by atoms with Crippen LogP contribution in [-0.4, -0.2) is 59.2 Å². The van der Waals surface area contributed by atoms with Crippen molar-refractivity contribution in [3.63, 3.8) is 0 Å². The molecule has 1 rings (SSSR count). The number of hydrogen-bond acceptors (Lipinski definition) is 5. The normalized spacial score (nSPS) is 20.3. The van der Waals surface area contributed by atoms with Crippen molar-refractivity contribution in [1.82, 2.24) is 10.2 Å². The van der Waals surface area contributed by atoms with E-state index >= 15 is 0 Å². The molecule has 1 aliphatic heterocycles. The van der Waals surface area contributed by atoms with Crippen molar-refractivity contribution in [2.75, 3.05) is 19.6 Å². The number of rotatable bonds is 5. The SMILES string of the molecule is CC(=N)C1CCN(CC(O)[C@H](C)NC(=O)OC(C)(C)C)CC1. The van der Waals surface area contributed by atoms with Crippen LogP contribution in [0, 0.1) is 11.3 Å². The van der Waals surface area contributed by atoms with Crippen LogP contribution >= 0.6 is 0 Å². The fourth-order valence-electron chi connectivity index (χ4n) is 2.56. The molecule has 0 saturated carbocycles. The molecule has 0 aliphatic carbocycles. The standard InChI is InChI=1S/C16H31N3O3/c1-11(17)13-6-8-19(9-7-13)10-14(20)12(2)18-15(21)22-16(3,4)5/h12-14,17,20H,6-10H2,1-5H3,(H,18,21)/t12-,14?/m0/s1. The number of amides is 1. The zero-order valence-electron chi connectivity index (χ0n) is 14.5. The lowest BCUT2D eigenvalue weighted by Crippen LogP contribution is -2.49. The van der Waals surface area contributed by atoms with Crippen molar-refractivity contribution in [3.8, 4) is 0 Å². The van der Waals surface area contributed by atoms with Gasteiger partial charge < -0.3 is 25.5 Å². The number of nitrogens with zero attached hydrogens (tertiary/aromatic N) is 1. The van der Waals surface area contributed by atoms with E-state index in [1.807, 2.05) is 27.7 Å². The fraction of sp³-hybridized carbons (Fsp3) is 0.875. The minimum Gasteiger partial charge on any atom is -0.444 e. The number of alkyl carbamates (subject to hydrolysis) is 1. The molecule has 0 aromatic heterocycles. The van der Waals surface area contributed by atoms with Crippen LogP contribution in [0.2, 0.25) is 0 Å². The van der Waals surface area contributed by atoms with Gasteiger partial charge in [-0.1, -0.05) is 0 Å². The molecule has 0 aromatic carbocycles. The number of carbonyl (C=O) groups excluding carboxylic acids is 1. The molecule has 128 valence electrons. The fourth-order valence-corrected chi connectivity index (χ4v) is 2.56. The van der Waals surface area contributed by atoms with Crippen LogP contribution in [0.1, 0.15) is 47.5 Å². The van der Waals surface area contributed by atoms with Gasteiger partial charge in [-0.05, 0) is 66.5 Å². The number of β-amino-alcohol motifs (C(OH)–C–C–N with tert-alkyl or cyclic N) is 1. The lowest BCUT2D eigenvalue weighted by atomic mass is 9.92. The molecule has 1 fully saturated rings. The zero-order valence-corrected chi connectivity index (χ0v) is 14.5. The minimum atomic E-state index is -0.634. The Morgan fingerprint density at radius 2 is 1.95 bits per heavy atom. The lowest BCUT2D eigenvalue weighted by molar-refractivity contribution is 0.0366. The number of carbonyl (C=O) groups is 1. The van der Waals surface area contributed by atoms with Crippen LogP contribution in [0.15, 0.2) is 0 Å². The first kappa shape index (κ1) is 18.9. The molecule has 6 heteroatoms. The summed E-state index contributed by atoms with van der Waals surface area (Å²) in [6, 6.07) is -0.364. The van der Waals surface area contributed by atoms with Gasteiger partial charge >= 0.3 is 6.09 Å². The van der Waals surface area contributed by atoms with Crippen molar-refractivity contribution < 1.29 is 14.6 Å². The van der Waals surface area contributed by atoms with E-state index < -0.39 is 17.8 Å². The maximum atomic E-state index is 11.7. The summed E-state index contributed by atoms with van der Waals surface area (Å²) >= 11 is 0. The van der Waals surface area contributed by atoms with Crippen LogP contribution < -0.4 is 5.32 Å². The molecule has 1 aliphatic rings. The lowest BCUT2D eigenvalue weighted by Gasteiger charge is -2.34. The number of aliphatic hydroxyl groups is 1. The smallest absolute Gasteiger partial charge is 0.407 e. The summed E-state index contributed by atoms with van der Waals surface area (Å²) in [6.07, 6.45) is 0.800. The van der Waals surface area contributed by atoms with E-state index in [4.69, 9.17) is 10.1 Å². The number of piperidine rings is 1. The highest BCUT2D eigenvalue weighted by molar-refractivity contribution is 5.81. The van der Waals surface area contributed by atoms with Crippen LogP contribution in [0.3, 0.4) is 0 Å². The van der Waals surface area contributed by atoms with Gasteiger partial charge in [0.15, 0.2) is 0 Å². The summed E-state index contributed by atoms with van der Waals surface area (Å²) in [5, 5.41) is 20.6. The molecule has 1 heterocycles. The second-order valence-electron chi connectivity index (χ2n) is 7.26. The average molecular weight is 313 g/mol. The Labute approximate surface area is 133 Å². The maximum absolute atomic E-state index is 11.7. The first-order chi connectivity index (χ1) is 10.1. The number of ether oxygens (including phenoxy) is 1. The van der Waals surface area contributed by atoms with Gasteiger partial charge in [-0.25, -0.2) is 4.79 Å². The molecule has 0 radical (unpaired) electrons. The van der Waals surface area contributed by atoms with Crippen molar-refractivity contribution in [3.05, 3.63) is 0 Å². The Morgan fingerprint density at radius 3 is 2.41 bits per heavy atom. The van der Waals surface area contributed by atoms with E-state index in [0.717, 1.165) is 31.6 Å². The largest absolute Gasteiger partial charge is 0.444 e. The summed E-state index contributed by atoms with van der Waals surface area (Å²) in [4.78, 5) is 13.9. The number of hydrogen-bond donors (Lipinski definition) is 3. The van der Waals surface area contributed by atoms with Gasteiger partial charge in [-0.2, -0.15) is 0 Å². The molecule has 1 saturated heterocycles. The van der Waals surface area contributed by atoms with Gasteiger partial charge in [0.2, 0.25) is 0 Å². The molecule has 6 nitrogen and oxygen atoms in total. The van der Waals surface area contributed by atoms with E-state index in [1.165, 1.54) is 0 Å². The third-order valence-electron chi connectivity index (χ3n) is 3.97. The number of nitrogens with one attached hydrogen (secondary N) is 2. The van der Waals surface area contributed by atoms with Crippen LogP contribution in [0.5, 0.6) is 0 Å². The Bertz CT molecular complexity index is 385. The Balaban J connectivity index is 2.34. The van der Waals surface area contributed by atoms with Crippen molar-refractivity contribution in [2.24, 2.45) is 5.92 Å². The summed E-state index contributed by atoms with van der Waals surface area (Å²) in [5.41, 5.74) is 0.210. The first-order valence-electron chi connectivity index (χ1n) is 8.03. The van der Waals surface area contributed by atoms with Crippen LogP contribution in [-0.2, 0) is 4.74 Å².